The summed E-state index contributed by atoms with van der Waals surface area (Å²) in [5.74, 6) is 4.71. The first kappa shape index (κ1) is 23.8. The lowest BCUT2D eigenvalue weighted by Crippen LogP contribution is -2.45. The maximum Gasteiger partial charge on any atom is 0.327 e. The van der Waals surface area contributed by atoms with E-state index in [2.05, 4.69) is 28.4 Å². The topological polar surface area (TPSA) is 142 Å². The highest BCUT2D eigenvalue weighted by Crippen LogP contribution is 2.09. The molecule has 1 aromatic carbocycles. The molecule has 0 amide bonds. The largest absolute Gasteiger partial charge is 0.481 e. The maximum absolute atomic E-state index is 12.2. The van der Waals surface area contributed by atoms with Crippen LogP contribution in [0.25, 0.3) is 10.9 Å². The summed E-state index contributed by atoms with van der Waals surface area (Å²) >= 11 is 0. The number of carboxylic acids is 2. The molecule has 1 saturated heterocycles. The molecule has 10 nitrogen and oxygen atoms in total. The molecule has 29 heavy (non-hydrogen) atoms. The number of piperazine rings is 1. The van der Waals surface area contributed by atoms with Crippen LogP contribution < -0.4 is 11.4 Å². The van der Waals surface area contributed by atoms with Crippen LogP contribution in [0.1, 0.15) is 12.7 Å². The molecule has 1 aliphatic rings. The second-order valence-corrected chi connectivity index (χ2v) is 6.36. The number of hydrogen-bond acceptors (Lipinski definition) is 7. The van der Waals surface area contributed by atoms with Crippen molar-refractivity contribution in [2.75, 3.05) is 39.1 Å². The van der Waals surface area contributed by atoms with E-state index >= 15 is 0 Å². The highest BCUT2D eigenvalue weighted by Gasteiger charge is 2.17. The summed E-state index contributed by atoms with van der Waals surface area (Å²) in [6.07, 6.45) is 0.833. The van der Waals surface area contributed by atoms with Gasteiger partial charge in [0.15, 0.2) is 0 Å². The minimum atomic E-state index is -0.981. The van der Waals surface area contributed by atoms with Crippen LogP contribution in [0, 0.1) is 0 Å². The van der Waals surface area contributed by atoms with E-state index < -0.39 is 11.9 Å². The van der Waals surface area contributed by atoms with Crippen molar-refractivity contribution in [3.8, 4) is 0 Å². The number of benzene rings is 1. The minimum absolute atomic E-state index is 0.181. The van der Waals surface area contributed by atoms with Crippen molar-refractivity contribution in [1.82, 2.24) is 19.5 Å². The number of nitrogens with zero attached hydrogens (tertiary/aromatic N) is 4. The van der Waals surface area contributed by atoms with Gasteiger partial charge in [0.1, 0.15) is 5.82 Å². The zero-order chi connectivity index (χ0) is 22.0. The number of hydrogen-bond donors (Lipinski definition) is 3. The lowest BCUT2D eigenvalue weighted by Gasteiger charge is -2.32. The SMILES string of the molecule is C=CC(=O)O.CC(=O)O.CN1CCN(Cc2nc3ccccc3c(=O)n2N)CC1. The molecule has 4 N–H and O–H groups in total. The van der Waals surface area contributed by atoms with Crippen LogP contribution in [0.15, 0.2) is 41.7 Å². The highest BCUT2D eigenvalue weighted by molar-refractivity contribution is 5.78. The Morgan fingerprint density at radius 3 is 2.24 bits per heavy atom. The van der Waals surface area contributed by atoms with Crippen molar-refractivity contribution in [2.24, 2.45) is 0 Å². The number of aliphatic carboxylic acids is 2. The zero-order valence-corrected chi connectivity index (χ0v) is 16.6. The molecule has 1 aliphatic heterocycles. The van der Waals surface area contributed by atoms with Gasteiger partial charge in [0.05, 0.1) is 17.4 Å². The fraction of sp³-hybridized carbons (Fsp3) is 0.368. The standard InChI is InChI=1S/C14H19N5O.C3H4O2.C2H4O2/c1-17-6-8-18(9-7-17)10-13-16-12-5-3-2-4-11(12)14(20)19(13)15;1-2-3(4)5;1-2(3)4/h2-5H,6-10,15H2,1H3;2H,1H2,(H,4,5);1H3,(H,3,4). The Kier molecular flexibility index (Phi) is 9.49. The smallest absolute Gasteiger partial charge is 0.327 e. The maximum atomic E-state index is 12.2. The fourth-order valence-electron chi connectivity index (χ4n) is 2.51. The van der Waals surface area contributed by atoms with Crippen LogP contribution in [-0.4, -0.2) is 74.8 Å². The normalized spacial score (nSPS) is 14.1. The zero-order valence-electron chi connectivity index (χ0n) is 16.6. The average molecular weight is 405 g/mol. The van der Waals surface area contributed by atoms with E-state index in [4.69, 9.17) is 20.9 Å². The van der Waals surface area contributed by atoms with Gasteiger partial charge in [-0.15, -0.1) is 0 Å². The van der Waals surface area contributed by atoms with Gasteiger partial charge in [-0.2, -0.15) is 0 Å². The molecule has 0 unspecified atom stereocenters. The van der Waals surface area contributed by atoms with Gasteiger partial charge in [-0.25, -0.2) is 14.5 Å². The van der Waals surface area contributed by atoms with Gasteiger partial charge < -0.3 is 21.0 Å². The molecule has 10 heteroatoms. The third kappa shape index (κ3) is 8.11. The molecule has 158 valence electrons. The summed E-state index contributed by atoms with van der Waals surface area (Å²) < 4.78 is 1.18. The molecule has 0 radical (unpaired) electrons. The minimum Gasteiger partial charge on any atom is -0.481 e. The molecular weight excluding hydrogens is 378 g/mol. The number of aromatic nitrogens is 2. The molecule has 0 aliphatic carbocycles. The van der Waals surface area contributed by atoms with E-state index in [1.54, 1.807) is 6.07 Å². The van der Waals surface area contributed by atoms with Gasteiger partial charge in [-0.3, -0.25) is 14.5 Å². The summed E-state index contributed by atoms with van der Waals surface area (Å²) in [6, 6.07) is 7.32. The van der Waals surface area contributed by atoms with E-state index in [0.29, 0.717) is 23.3 Å². The van der Waals surface area contributed by atoms with Crippen LogP contribution >= 0.6 is 0 Å². The van der Waals surface area contributed by atoms with Gasteiger partial charge in [0.25, 0.3) is 11.5 Å². The molecule has 0 bridgehead atoms. The first-order valence-corrected chi connectivity index (χ1v) is 8.87. The van der Waals surface area contributed by atoms with Crippen LogP contribution in [0.3, 0.4) is 0 Å². The Morgan fingerprint density at radius 2 is 1.72 bits per heavy atom. The highest BCUT2D eigenvalue weighted by atomic mass is 16.4. The van der Waals surface area contributed by atoms with E-state index in [1.807, 2.05) is 18.2 Å². The molecule has 1 fully saturated rings. The molecule has 0 saturated carbocycles. The number of fused-ring (bicyclic) bond motifs is 1. The predicted molar refractivity (Wildman–Crippen MR) is 110 cm³/mol. The third-order valence-corrected chi connectivity index (χ3v) is 4.02. The van der Waals surface area contributed by atoms with Gasteiger partial charge >= 0.3 is 5.97 Å². The van der Waals surface area contributed by atoms with Crippen molar-refractivity contribution in [3.63, 3.8) is 0 Å². The molecule has 0 spiro atoms. The van der Waals surface area contributed by atoms with E-state index in [9.17, 15) is 9.59 Å². The summed E-state index contributed by atoms with van der Waals surface area (Å²) in [5, 5.41) is 15.6. The number of rotatable bonds is 3. The van der Waals surface area contributed by atoms with Crippen molar-refractivity contribution < 1.29 is 19.8 Å². The molecule has 3 rings (SSSR count). The predicted octanol–water partition coefficient (Wildman–Crippen LogP) is 0.206. The molecule has 1 aromatic heterocycles. The van der Waals surface area contributed by atoms with Crippen LogP contribution in [0.4, 0.5) is 0 Å². The number of likely N-dealkylation sites (N-methyl/N-ethyl adjacent to an activating group) is 1. The Labute approximate surface area is 168 Å². The Balaban J connectivity index is 0.000000396. The van der Waals surface area contributed by atoms with Gasteiger partial charge in [-0.1, -0.05) is 18.7 Å². The lowest BCUT2D eigenvalue weighted by atomic mass is 10.2. The number of nitrogen functional groups attached to an aromatic ring is 1. The monoisotopic (exact) mass is 405 g/mol. The second-order valence-electron chi connectivity index (χ2n) is 6.36. The Morgan fingerprint density at radius 1 is 1.21 bits per heavy atom. The number of nitrogens with two attached hydrogens (primary N) is 1. The van der Waals surface area contributed by atoms with E-state index in [-0.39, 0.29) is 5.56 Å². The van der Waals surface area contributed by atoms with Gasteiger partial charge in [0, 0.05) is 39.2 Å². The number of para-hydroxylation sites is 1. The Bertz CT molecular complexity index is 899. The second kappa shape index (κ2) is 11.6. The summed E-state index contributed by atoms with van der Waals surface area (Å²) in [5.41, 5.74) is 0.531. The summed E-state index contributed by atoms with van der Waals surface area (Å²) in [7, 11) is 2.12. The van der Waals surface area contributed by atoms with E-state index in [1.165, 1.54) is 4.68 Å². The van der Waals surface area contributed by atoms with Crippen LogP contribution in [0.5, 0.6) is 0 Å². The molecular formula is C19H27N5O5. The van der Waals surface area contributed by atoms with Gasteiger partial charge in [0.2, 0.25) is 0 Å². The summed E-state index contributed by atoms with van der Waals surface area (Å²) in [6.45, 7) is 8.66. The first-order chi connectivity index (χ1) is 13.6. The molecule has 2 aromatic rings. The summed E-state index contributed by atoms with van der Waals surface area (Å²) in [4.78, 5) is 39.6. The first-order valence-electron chi connectivity index (χ1n) is 8.87. The van der Waals surface area contributed by atoms with Gasteiger partial charge in [-0.05, 0) is 19.2 Å². The third-order valence-electron chi connectivity index (χ3n) is 4.02. The van der Waals surface area contributed by atoms with Crippen molar-refractivity contribution in [2.45, 2.75) is 13.5 Å². The fourth-order valence-corrected chi connectivity index (χ4v) is 2.51. The van der Waals surface area contributed by atoms with Crippen LogP contribution in [-0.2, 0) is 16.1 Å². The van der Waals surface area contributed by atoms with Crippen molar-refractivity contribution in [3.05, 3.63) is 53.1 Å². The quantitative estimate of drug-likeness (QED) is 0.482. The van der Waals surface area contributed by atoms with E-state index in [0.717, 1.165) is 39.2 Å². The van der Waals surface area contributed by atoms with Crippen molar-refractivity contribution in [1.29, 1.82) is 0 Å². The van der Waals surface area contributed by atoms with Crippen LogP contribution in [0.2, 0.25) is 0 Å². The lowest BCUT2D eigenvalue weighted by molar-refractivity contribution is -0.134. The van der Waals surface area contributed by atoms with Crippen molar-refractivity contribution >= 4 is 22.8 Å². The molecule has 0 atom stereocenters. The average Bonchev–Trinajstić information content (AvgIpc) is 2.67. The Hall–Kier alpha value is -3.24. The number of carbonyl (C=O) groups is 2. The number of carboxylic acid groups (broad SMARTS) is 2. The molecule has 2 heterocycles.